The zero-order valence-electron chi connectivity index (χ0n) is 14.3. The average molecular weight is 311 g/mol. The molecule has 0 saturated carbocycles. The Morgan fingerprint density at radius 3 is 2.21 bits per heavy atom. The van der Waals surface area contributed by atoms with Crippen molar-refractivity contribution in [2.75, 3.05) is 11.9 Å². The summed E-state index contributed by atoms with van der Waals surface area (Å²) < 4.78 is 0. The Morgan fingerprint density at radius 1 is 0.667 bits per heavy atom. The van der Waals surface area contributed by atoms with Crippen LogP contribution < -0.4 is 4.90 Å². The lowest BCUT2D eigenvalue weighted by molar-refractivity contribution is 0.944. The molecule has 0 spiro atoms. The summed E-state index contributed by atoms with van der Waals surface area (Å²) >= 11 is 0. The minimum Gasteiger partial charge on any atom is -0.344 e. The van der Waals surface area contributed by atoms with Crippen LogP contribution >= 0.6 is 0 Å². The van der Waals surface area contributed by atoms with Crippen molar-refractivity contribution >= 4 is 11.4 Å². The molecule has 3 aromatic rings. The van der Waals surface area contributed by atoms with Crippen molar-refractivity contribution in [1.82, 2.24) is 0 Å². The highest BCUT2D eigenvalue weighted by Crippen LogP contribution is 2.43. The van der Waals surface area contributed by atoms with E-state index in [1.54, 1.807) is 5.56 Å². The molecule has 1 heterocycles. The maximum Gasteiger partial charge on any atom is 0.0473 e. The number of nitrogens with zero attached hydrogens (tertiary/aromatic N) is 1. The molecule has 0 radical (unpaired) electrons. The molecule has 2 aliphatic rings. The molecule has 0 atom stereocenters. The van der Waals surface area contributed by atoms with Gasteiger partial charge in [-0.2, -0.15) is 0 Å². The van der Waals surface area contributed by atoms with Crippen LogP contribution in [0.1, 0.15) is 38.9 Å². The predicted octanol–water partition coefficient (Wildman–Crippen LogP) is 5.16. The van der Waals surface area contributed by atoms with Crippen molar-refractivity contribution in [3.8, 4) is 0 Å². The van der Waals surface area contributed by atoms with Crippen molar-refractivity contribution in [2.45, 2.75) is 26.2 Å². The van der Waals surface area contributed by atoms with Crippen LogP contribution in [0.15, 0.2) is 54.6 Å². The summed E-state index contributed by atoms with van der Waals surface area (Å²) in [5.41, 5.74) is 13.2. The van der Waals surface area contributed by atoms with Gasteiger partial charge in [-0.3, -0.25) is 0 Å². The third kappa shape index (κ3) is 1.88. The standard InChI is InChI=1S/C23H21N/c1-15-6-5-9-19-14-21-20-13-17-8-4-3-7-16(17)12-18(20)10-11-22(21)24(2)23(15)19/h3-11H,12-14H2,1-2H3. The van der Waals surface area contributed by atoms with Crippen LogP contribution in [0.4, 0.5) is 11.4 Å². The minimum absolute atomic E-state index is 1.06. The molecule has 0 amide bonds. The fourth-order valence-corrected chi connectivity index (χ4v) is 4.58. The molecule has 0 N–H and O–H groups in total. The quantitative estimate of drug-likeness (QED) is 0.433. The van der Waals surface area contributed by atoms with E-state index < -0.39 is 0 Å². The van der Waals surface area contributed by atoms with Crippen LogP contribution in [0.5, 0.6) is 0 Å². The van der Waals surface area contributed by atoms with Crippen LogP contribution in [0, 0.1) is 6.92 Å². The van der Waals surface area contributed by atoms with E-state index in [2.05, 4.69) is 73.5 Å². The summed E-state index contributed by atoms with van der Waals surface area (Å²) in [6.45, 7) is 2.22. The average Bonchev–Trinajstić information content (AvgIpc) is 2.60. The molecule has 0 bridgehead atoms. The molecule has 24 heavy (non-hydrogen) atoms. The van der Waals surface area contributed by atoms with Crippen molar-refractivity contribution < 1.29 is 0 Å². The number of rotatable bonds is 0. The second-order valence-corrected chi connectivity index (χ2v) is 7.14. The second-order valence-electron chi connectivity index (χ2n) is 7.14. The normalized spacial score (nSPS) is 14.5. The van der Waals surface area contributed by atoms with Gasteiger partial charge in [-0.15, -0.1) is 0 Å². The fraction of sp³-hybridized carbons (Fsp3) is 0.217. The summed E-state index contributed by atoms with van der Waals surface area (Å²) in [4.78, 5) is 2.39. The predicted molar refractivity (Wildman–Crippen MR) is 101 cm³/mol. The van der Waals surface area contributed by atoms with Crippen molar-refractivity contribution in [1.29, 1.82) is 0 Å². The lowest BCUT2D eigenvalue weighted by atomic mass is 9.80. The monoisotopic (exact) mass is 311 g/mol. The van der Waals surface area contributed by atoms with E-state index in [0.717, 1.165) is 19.3 Å². The molecule has 0 saturated heterocycles. The molecule has 1 aliphatic carbocycles. The molecule has 3 aromatic carbocycles. The molecule has 1 aliphatic heterocycles. The van der Waals surface area contributed by atoms with Gasteiger partial charge < -0.3 is 4.90 Å². The Labute approximate surface area is 143 Å². The third-order valence-electron chi connectivity index (χ3n) is 5.76. The SMILES string of the molecule is Cc1cccc2c1N(C)c1ccc3c(c1C2)Cc1ccccc1C3. The van der Waals surface area contributed by atoms with Crippen LogP contribution in [0.25, 0.3) is 0 Å². The van der Waals surface area contributed by atoms with E-state index in [4.69, 9.17) is 0 Å². The highest BCUT2D eigenvalue weighted by atomic mass is 15.1. The maximum atomic E-state index is 2.39. The first-order valence-corrected chi connectivity index (χ1v) is 8.75. The minimum atomic E-state index is 1.06. The first kappa shape index (κ1) is 13.9. The number of fused-ring (bicyclic) bond motifs is 5. The van der Waals surface area contributed by atoms with E-state index in [-0.39, 0.29) is 0 Å². The lowest BCUT2D eigenvalue weighted by Gasteiger charge is -2.35. The second kappa shape index (κ2) is 4.98. The van der Waals surface area contributed by atoms with Gasteiger partial charge in [0.2, 0.25) is 0 Å². The Kier molecular flexibility index (Phi) is 2.87. The van der Waals surface area contributed by atoms with Gasteiger partial charge in [0, 0.05) is 24.8 Å². The van der Waals surface area contributed by atoms with E-state index >= 15 is 0 Å². The van der Waals surface area contributed by atoms with E-state index in [1.165, 1.54) is 44.8 Å². The highest BCUT2D eigenvalue weighted by Gasteiger charge is 2.26. The number of hydrogen-bond donors (Lipinski definition) is 0. The Bertz CT molecular complexity index is 968. The smallest absolute Gasteiger partial charge is 0.0473 e. The van der Waals surface area contributed by atoms with Crippen LogP contribution in [0.3, 0.4) is 0 Å². The molecule has 0 aromatic heterocycles. The lowest BCUT2D eigenvalue weighted by Crippen LogP contribution is -2.22. The van der Waals surface area contributed by atoms with Gasteiger partial charge in [0.25, 0.3) is 0 Å². The molecule has 1 nitrogen and oxygen atoms in total. The number of anilines is 2. The Morgan fingerprint density at radius 2 is 1.38 bits per heavy atom. The van der Waals surface area contributed by atoms with Crippen molar-refractivity contribution in [3.63, 3.8) is 0 Å². The van der Waals surface area contributed by atoms with Gasteiger partial charge in [-0.1, -0.05) is 48.5 Å². The zero-order chi connectivity index (χ0) is 16.3. The summed E-state index contributed by atoms with van der Waals surface area (Å²) in [5, 5.41) is 0. The topological polar surface area (TPSA) is 3.24 Å². The number of benzene rings is 3. The first-order valence-electron chi connectivity index (χ1n) is 8.75. The fourth-order valence-electron chi connectivity index (χ4n) is 4.58. The van der Waals surface area contributed by atoms with Gasteiger partial charge in [0.1, 0.15) is 0 Å². The first-order chi connectivity index (χ1) is 11.7. The summed E-state index contributed by atoms with van der Waals surface area (Å²) in [5.74, 6) is 0. The number of para-hydroxylation sites is 1. The summed E-state index contributed by atoms with van der Waals surface area (Å²) in [6.07, 6.45) is 3.20. The molecule has 5 rings (SSSR count). The van der Waals surface area contributed by atoms with Crippen molar-refractivity contribution in [2.24, 2.45) is 0 Å². The molecule has 1 heteroatoms. The third-order valence-corrected chi connectivity index (χ3v) is 5.76. The van der Waals surface area contributed by atoms with Gasteiger partial charge in [-0.05, 0) is 64.8 Å². The summed E-state index contributed by atoms with van der Waals surface area (Å²) in [7, 11) is 2.22. The molecule has 0 fully saturated rings. The molecular formula is C23H21N. The zero-order valence-corrected chi connectivity index (χ0v) is 14.3. The van der Waals surface area contributed by atoms with Gasteiger partial charge >= 0.3 is 0 Å². The number of aryl methyl sites for hydroxylation is 1. The molecular weight excluding hydrogens is 290 g/mol. The molecule has 118 valence electrons. The van der Waals surface area contributed by atoms with E-state index in [1.807, 2.05) is 0 Å². The van der Waals surface area contributed by atoms with Crippen molar-refractivity contribution in [3.05, 3.63) is 93.5 Å². The van der Waals surface area contributed by atoms with Crippen LogP contribution in [0.2, 0.25) is 0 Å². The van der Waals surface area contributed by atoms with E-state index in [0.29, 0.717) is 0 Å². The summed E-state index contributed by atoms with van der Waals surface area (Å²) in [6, 6.07) is 20.3. The Balaban J connectivity index is 1.68. The molecule has 0 unspecified atom stereocenters. The Hall–Kier alpha value is -2.54. The van der Waals surface area contributed by atoms with Gasteiger partial charge in [-0.25, -0.2) is 0 Å². The van der Waals surface area contributed by atoms with Crippen LogP contribution in [-0.2, 0) is 19.3 Å². The largest absolute Gasteiger partial charge is 0.344 e. The maximum absolute atomic E-state index is 2.39. The highest BCUT2D eigenvalue weighted by molar-refractivity contribution is 5.78. The van der Waals surface area contributed by atoms with E-state index in [9.17, 15) is 0 Å². The number of hydrogen-bond acceptors (Lipinski definition) is 1. The van der Waals surface area contributed by atoms with Crippen LogP contribution in [-0.4, -0.2) is 7.05 Å². The van der Waals surface area contributed by atoms with Gasteiger partial charge in [0.15, 0.2) is 0 Å². The van der Waals surface area contributed by atoms with Gasteiger partial charge in [0.05, 0.1) is 0 Å².